The number of benzene rings is 1. The lowest BCUT2D eigenvalue weighted by molar-refractivity contribution is 0.0256. The number of nitrogens with zero attached hydrogens (tertiary/aromatic N) is 1. The number of nitrogens with one attached hydrogen (secondary N) is 4. The molecule has 3 heterocycles. The average Bonchev–Trinajstić information content (AvgIpc) is 3.34. The predicted molar refractivity (Wildman–Crippen MR) is 97.0 cm³/mol. The van der Waals surface area contributed by atoms with Crippen LogP contribution in [0.15, 0.2) is 24.3 Å². The first-order valence-corrected chi connectivity index (χ1v) is 9.90. The van der Waals surface area contributed by atoms with Crippen LogP contribution in [0, 0.1) is 5.82 Å². The first kappa shape index (κ1) is 17.7. The van der Waals surface area contributed by atoms with E-state index in [4.69, 9.17) is 4.84 Å². The van der Waals surface area contributed by atoms with Crippen LogP contribution in [-0.2, 0) is 11.4 Å². The number of halogens is 1. The normalized spacial score (nSPS) is 33.3. The Morgan fingerprint density at radius 1 is 1.40 bits per heavy atom. The summed E-state index contributed by atoms with van der Waals surface area (Å²) in [6.07, 6.45) is 2.54. The molecule has 0 radical (unpaired) electrons. The van der Waals surface area contributed by atoms with Crippen LogP contribution in [0.25, 0.3) is 0 Å². The third kappa shape index (κ3) is 4.71. The highest BCUT2D eigenvalue weighted by Crippen LogP contribution is 2.28. The summed E-state index contributed by atoms with van der Waals surface area (Å²) in [6.45, 7) is 4.51. The standard InChI is InChI=1S/C17H26FN5OS/c18-13-3-1-2-12(6-13)10-23-11-15(9-20-23)19-8-14-7-16(24-22-14)17-4-5-21-25-17/h1-3,6,14-17,19-22H,4-5,7-11H2. The third-order valence-electron chi connectivity index (χ3n) is 5.00. The molecular weight excluding hydrogens is 341 g/mol. The van der Waals surface area contributed by atoms with Gasteiger partial charge in [0.15, 0.2) is 0 Å². The molecule has 0 bridgehead atoms. The van der Waals surface area contributed by atoms with Crippen molar-refractivity contribution in [3.05, 3.63) is 35.6 Å². The second kappa shape index (κ2) is 8.30. The molecule has 4 atom stereocenters. The Morgan fingerprint density at radius 2 is 2.36 bits per heavy atom. The second-order valence-electron chi connectivity index (χ2n) is 7.02. The van der Waals surface area contributed by atoms with E-state index in [-0.39, 0.29) is 5.82 Å². The summed E-state index contributed by atoms with van der Waals surface area (Å²) >= 11 is 1.81. The Hall–Kier alpha value is -0.740. The van der Waals surface area contributed by atoms with Gasteiger partial charge in [0.1, 0.15) is 5.82 Å². The van der Waals surface area contributed by atoms with Crippen LogP contribution < -0.4 is 20.9 Å². The van der Waals surface area contributed by atoms with E-state index >= 15 is 0 Å². The molecule has 3 saturated heterocycles. The highest BCUT2D eigenvalue weighted by Gasteiger charge is 2.34. The monoisotopic (exact) mass is 367 g/mol. The van der Waals surface area contributed by atoms with Crippen LogP contribution in [0.4, 0.5) is 4.39 Å². The third-order valence-corrected chi connectivity index (χ3v) is 6.21. The average molecular weight is 367 g/mol. The van der Waals surface area contributed by atoms with Gasteiger partial charge in [-0.25, -0.2) is 9.40 Å². The zero-order chi connectivity index (χ0) is 17.1. The van der Waals surface area contributed by atoms with E-state index in [1.807, 2.05) is 18.0 Å². The lowest BCUT2D eigenvalue weighted by Crippen LogP contribution is -2.41. The summed E-state index contributed by atoms with van der Waals surface area (Å²) < 4.78 is 16.6. The molecule has 6 nitrogen and oxygen atoms in total. The minimum atomic E-state index is -0.177. The molecule has 1 aromatic carbocycles. The van der Waals surface area contributed by atoms with E-state index < -0.39 is 0 Å². The van der Waals surface area contributed by atoms with Crippen molar-refractivity contribution in [2.45, 2.75) is 42.8 Å². The Morgan fingerprint density at radius 3 is 3.20 bits per heavy atom. The minimum absolute atomic E-state index is 0.177. The van der Waals surface area contributed by atoms with E-state index in [9.17, 15) is 4.39 Å². The number of hydrazine groups is 1. The quantitative estimate of drug-likeness (QED) is 0.554. The molecule has 0 amide bonds. The topological polar surface area (TPSA) is 60.6 Å². The maximum Gasteiger partial charge on any atom is 0.123 e. The van der Waals surface area contributed by atoms with Crippen molar-refractivity contribution in [2.75, 3.05) is 26.2 Å². The van der Waals surface area contributed by atoms with Gasteiger partial charge >= 0.3 is 0 Å². The van der Waals surface area contributed by atoms with Gasteiger partial charge in [-0.05, 0) is 30.5 Å². The first-order chi connectivity index (χ1) is 12.3. The molecule has 4 rings (SSSR count). The molecule has 138 valence electrons. The maximum absolute atomic E-state index is 13.3. The van der Waals surface area contributed by atoms with Gasteiger partial charge in [-0.2, -0.15) is 5.48 Å². The van der Waals surface area contributed by atoms with Crippen molar-refractivity contribution < 1.29 is 9.23 Å². The Labute approximate surface area is 152 Å². The molecule has 1 aromatic rings. The highest BCUT2D eigenvalue weighted by molar-refractivity contribution is 7.98. The Bertz CT molecular complexity index is 574. The molecule has 8 heteroatoms. The number of rotatable bonds is 6. The summed E-state index contributed by atoms with van der Waals surface area (Å²) in [6, 6.07) is 7.56. The molecule has 0 saturated carbocycles. The van der Waals surface area contributed by atoms with Crippen molar-refractivity contribution in [1.82, 2.24) is 26.0 Å². The van der Waals surface area contributed by atoms with Crippen LogP contribution in [0.3, 0.4) is 0 Å². The summed E-state index contributed by atoms with van der Waals surface area (Å²) in [5.74, 6) is -0.177. The van der Waals surface area contributed by atoms with E-state index in [1.165, 1.54) is 12.5 Å². The van der Waals surface area contributed by atoms with E-state index in [2.05, 4.69) is 26.0 Å². The zero-order valence-electron chi connectivity index (χ0n) is 14.2. The molecule has 0 aromatic heterocycles. The summed E-state index contributed by atoms with van der Waals surface area (Å²) in [4.78, 5) is 5.76. The molecule has 0 aliphatic carbocycles. The predicted octanol–water partition coefficient (Wildman–Crippen LogP) is 0.776. The van der Waals surface area contributed by atoms with E-state index in [1.54, 1.807) is 12.1 Å². The van der Waals surface area contributed by atoms with Gasteiger partial charge in [-0.1, -0.05) is 24.1 Å². The summed E-state index contributed by atoms with van der Waals surface area (Å²) in [5.41, 5.74) is 7.56. The van der Waals surface area contributed by atoms with Crippen molar-refractivity contribution in [3.8, 4) is 0 Å². The fraction of sp³-hybridized carbons (Fsp3) is 0.647. The van der Waals surface area contributed by atoms with Gasteiger partial charge in [0.05, 0.1) is 6.10 Å². The van der Waals surface area contributed by atoms with Gasteiger partial charge in [0.2, 0.25) is 0 Å². The SMILES string of the molecule is Fc1cccc(CN2CC(NCC3CC(C4CCNS4)ON3)CN2)c1. The molecule has 4 unspecified atom stereocenters. The fourth-order valence-electron chi connectivity index (χ4n) is 3.66. The first-order valence-electron chi connectivity index (χ1n) is 9.02. The molecule has 3 aliphatic rings. The lowest BCUT2D eigenvalue weighted by atomic mass is 10.1. The van der Waals surface area contributed by atoms with E-state index in [0.29, 0.717) is 30.0 Å². The number of hydrogen-bond donors (Lipinski definition) is 4. The molecule has 4 N–H and O–H groups in total. The second-order valence-corrected chi connectivity index (χ2v) is 8.15. The Balaban J connectivity index is 1.17. The van der Waals surface area contributed by atoms with Crippen molar-refractivity contribution >= 4 is 11.9 Å². The molecule has 3 fully saturated rings. The zero-order valence-corrected chi connectivity index (χ0v) is 15.0. The summed E-state index contributed by atoms with van der Waals surface area (Å²) in [7, 11) is 0. The van der Waals surface area contributed by atoms with Gasteiger partial charge in [-0.15, -0.1) is 0 Å². The van der Waals surface area contributed by atoms with E-state index in [0.717, 1.165) is 38.2 Å². The van der Waals surface area contributed by atoms with Crippen LogP contribution >= 0.6 is 11.9 Å². The Kier molecular flexibility index (Phi) is 5.87. The van der Waals surface area contributed by atoms with Crippen LogP contribution in [0.5, 0.6) is 0 Å². The lowest BCUT2D eigenvalue weighted by Gasteiger charge is -2.17. The molecular formula is C17H26FN5OS. The van der Waals surface area contributed by atoms with Gasteiger partial charge in [0.25, 0.3) is 0 Å². The van der Waals surface area contributed by atoms with Gasteiger partial charge < -0.3 is 5.32 Å². The molecule has 3 aliphatic heterocycles. The van der Waals surface area contributed by atoms with Crippen LogP contribution in [0.2, 0.25) is 0 Å². The van der Waals surface area contributed by atoms with Gasteiger partial charge in [-0.3, -0.25) is 15.0 Å². The smallest absolute Gasteiger partial charge is 0.123 e. The van der Waals surface area contributed by atoms with Crippen LogP contribution in [0.1, 0.15) is 18.4 Å². The molecule has 0 spiro atoms. The van der Waals surface area contributed by atoms with Gasteiger partial charge in [0, 0.05) is 50.1 Å². The fourth-order valence-corrected chi connectivity index (χ4v) is 4.66. The number of hydrogen-bond acceptors (Lipinski definition) is 7. The highest BCUT2D eigenvalue weighted by atomic mass is 32.2. The van der Waals surface area contributed by atoms with Crippen molar-refractivity contribution in [3.63, 3.8) is 0 Å². The maximum atomic E-state index is 13.3. The number of hydroxylamine groups is 1. The minimum Gasteiger partial charge on any atom is -0.310 e. The largest absolute Gasteiger partial charge is 0.310 e. The summed E-state index contributed by atoms with van der Waals surface area (Å²) in [5, 5.41) is 6.33. The van der Waals surface area contributed by atoms with Crippen molar-refractivity contribution in [2.24, 2.45) is 0 Å². The molecule has 25 heavy (non-hydrogen) atoms. The van der Waals surface area contributed by atoms with Crippen molar-refractivity contribution in [1.29, 1.82) is 0 Å². The van der Waals surface area contributed by atoms with Crippen LogP contribution in [-0.4, -0.2) is 54.6 Å².